The zero-order chi connectivity index (χ0) is 9.84. The summed E-state index contributed by atoms with van der Waals surface area (Å²) < 4.78 is 5.05. The second-order valence-electron chi connectivity index (χ2n) is 3.80. The van der Waals surface area contributed by atoms with E-state index in [-0.39, 0.29) is 12.1 Å². The maximum atomic E-state index is 10.7. The fraction of sp³-hybridized carbons (Fsp3) is 0.900. The van der Waals surface area contributed by atoms with Crippen molar-refractivity contribution >= 4 is 5.97 Å². The molecule has 3 nitrogen and oxygen atoms in total. The van der Waals surface area contributed by atoms with E-state index in [4.69, 9.17) is 4.74 Å². The van der Waals surface area contributed by atoms with Gasteiger partial charge in [-0.2, -0.15) is 0 Å². The molecule has 3 unspecified atom stereocenters. The van der Waals surface area contributed by atoms with Gasteiger partial charge in [-0.15, -0.1) is 0 Å². The van der Waals surface area contributed by atoms with E-state index in [2.05, 4.69) is 6.92 Å². The lowest BCUT2D eigenvalue weighted by Gasteiger charge is -2.32. The summed E-state index contributed by atoms with van der Waals surface area (Å²) >= 11 is 0. The van der Waals surface area contributed by atoms with Crippen LogP contribution in [0.4, 0.5) is 0 Å². The molecule has 0 amide bonds. The molecule has 1 saturated carbocycles. The van der Waals surface area contributed by atoms with Crippen molar-refractivity contribution in [2.24, 2.45) is 5.92 Å². The van der Waals surface area contributed by atoms with E-state index in [9.17, 15) is 9.90 Å². The average Bonchev–Trinajstić information content (AvgIpc) is 2.08. The number of ether oxygens (including phenoxy) is 1. The van der Waals surface area contributed by atoms with E-state index >= 15 is 0 Å². The average molecular weight is 186 g/mol. The first-order valence-electron chi connectivity index (χ1n) is 4.98. The number of esters is 1. The highest BCUT2D eigenvalue weighted by Crippen LogP contribution is 2.28. The molecule has 0 heterocycles. The third-order valence-electron chi connectivity index (χ3n) is 2.76. The largest absolute Gasteiger partial charge is 0.460 e. The Labute approximate surface area is 79.1 Å². The Morgan fingerprint density at radius 1 is 1.54 bits per heavy atom. The van der Waals surface area contributed by atoms with Crippen LogP contribution >= 0.6 is 0 Å². The van der Waals surface area contributed by atoms with Crippen molar-refractivity contribution in [1.29, 1.82) is 0 Å². The number of carbonyl (C=O) groups is 1. The van der Waals surface area contributed by atoms with Crippen molar-refractivity contribution in [2.45, 2.75) is 51.7 Å². The van der Waals surface area contributed by atoms with Crippen molar-refractivity contribution < 1.29 is 14.6 Å². The Kier molecular flexibility index (Phi) is 3.72. The number of aliphatic hydroxyl groups is 1. The van der Waals surface area contributed by atoms with Crippen LogP contribution in [0.5, 0.6) is 0 Å². The predicted octanol–water partition coefficient (Wildman–Crippen LogP) is 1.49. The summed E-state index contributed by atoms with van der Waals surface area (Å²) in [5.74, 6) is 0.313. The summed E-state index contributed by atoms with van der Waals surface area (Å²) in [5, 5.41) is 9.55. The topological polar surface area (TPSA) is 46.5 Å². The molecule has 0 bridgehead atoms. The Morgan fingerprint density at radius 2 is 2.23 bits per heavy atom. The van der Waals surface area contributed by atoms with Crippen LogP contribution in [-0.2, 0) is 9.53 Å². The molecule has 76 valence electrons. The van der Waals surface area contributed by atoms with Crippen LogP contribution in [0.2, 0.25) is 0 Å². The fourth-order valence-corrected chi connectivity index (χ4v) is 1.91. The molecule has 1 fully saturated rings. The lowest BCUT2D eigenvalue weighted by molar-refractivity contribution is -0.156. The van der Waals surface area contributed by atoms with Crippen molar-refractivity contribution in [3.63, 3.8) is 0 Å². The summed E-state index contributed by atoms with van der Waals surface area (Å²) in [7, 11) is 0. The molecule has 0 radical (unpaired) electrons. The van der Waals surface area contributed by atoms with Crippen molar-refractivity contribution in [1.82, 2.24) is 0 Å². The summed E-state index contributed by atoms with van der Waals surface area (Å²) in [6, 6.07) is 0. The van der Waals surface area contributed by atoms with Crippen LogP contribution in [0.3, 0.4) is 0 Å². The third kappa shape index (κ3) is 2.99. The number of aliphatic hydroxyl groups excluding tert-OH is 1. The molecule has 1 rings (SSSR count). The number of rotatable bonds is 2. The summed E-state index contributed by atoms with van der Waals surface area (Å²) in [5.41, 5.74) is 0. The minimum atomic E-state index is -0.452. The fourth-order valence-electron chi connectivity index (χ4n) is 1.91. The van der Waals surface area contributed by atoms with Gasteiger partial charge in [0.1, 0.15) is 6.10 Å². The van der Waals surface area contributed by atoms with Crippen LogP contribution < -0.4 is 0 Å². The van der Waals surface area contributed by atoms with E-state index in [1.54, 1.807) is 0 Å². The van der Waals surface area contributed by atoms with Gasteiger partial charge < -0.3 is 9.84 Å². The smallest absolute Gasteiger partial charge is 0.302 e. The lowest BCUT2D eigenvalue weighted by Crippen LogP contribution is -2.36. The standard InChI is InChI=1S/C10H18O3/c1-3-8-4-5-9(12)10(6-8)13-7(2)11/h8-10,12H,3-6H2,1-2H3. The third-order valence-corrected chi connectivity index (χ3v) is 2.76. The first-order chi connectivity index (χ1) is 6.13. The van der Waals surface area contributed by atoms with Gasteiger partial charge in [-0.05, 0) is 25.2 Å². The van der Waals surface area contributed by atoms with Gasteiger partial charge in [0.05, 0.1) is 6.10 Å². The van der Waals surface area contributed by atoms with Crippen LogP contribution in [0, 0.1) is 5.92 Å². The van der Waals surface area contributed by atoms with Crippen molar-refractivity contribution in [3.8, 4) is 0 Å². The molecule has 0 aromatic heterocycles. The molecule has 0 saturated heterocycles. The zero-order valence-electron chi connectivity index (χ0n) is 8.32. The predicted molar refractivity (Wildman–Crippen MR) is 49.2 cm³/mol. The molecule has 1 aliphatic rings. The molecule has 13 heavy (non-hydrogen) atoms. The highest BCUT2D eigenvalue weighted by Gasteiger charge is 2.30. The van der Waals surface area contributed by atoms with E-state index < -0.39 is 6.10 Å². The van der Waals surface area contributed by atoms with E-state index in [0.29, 0.717) is 5.92 Å². The normalized spacial score (nSPS) is 34.2. The molecule has 1 aliphatic carbocycles. The minimum absolute atomic E-state index is 0.267. The molecule has 1 N–H and O–H groups in total. The molecule has 0 spiro atoms. The monoisotopic (exact) mass is 186 g/mol. The van der Waals surface area contributed by atoms with Gasteiger partial charge in [0.15, 0.2) is 0 Å². The Balaban J connectivity index is 2.44. The van der Waals surface area contributed by atoms with Crippen LogP contribution in [0.15, 0.2) is 0 Å². The van der Waals surface area contributed by atoms with Gasteiger partial charge in [-0.25, -0.2) is 0 Å². The molecule has 0 aromatic rings. The van der Waals surface area contributed by atoms with Gasteiger partial charge >= 0.3 is 5.97 Å². The maximum Gasteiger partial charge on any atom is 0.302 e. The van der Waals surface area contributed by atoms with Crippen LogP contribution in [-0.4, -0.2) is 23.3 Å². The molecule has 3 heteroatoms. The van der Waals surface area contributed by atoms with Crippen molar-refractivity contribution in [2.75, 3.05) is 0 Å². The second-order valence-corrected chi connectivity index (χ2v) is 3.80. The second kappa shape index (κ2) is 4.61. The molecular formula is C10H18O3. The zero-order valence-corrected chi connectivity index (χ0v) is 8.32. The number of carbonyl (C=O) groups excluding carboxylic acids is 1. The van der Waals surface area contributed by atoms with Crippen molar-refractivity contribution in [3.05, 3.63) is 0 Å². The highest BCUT2D eigenvalue weighted by molar-refractivity contribution is 5.66. The van der Waals surface area contributed by atoms with E-state index in [1.165, 1.54) is 6.92 Å². The van der Waals surface area contributed by atoms with Gasteiger partial charge in [-0.1, -0.05) is 13.3 Å². The van der Waals surface area contributed by atoms with E-state index in [0.717, 1.165) is 25.7 Å². The lowest BCUT2D eigenvalue weighted by atomic mass is 9.84. The summed E-state index contributed by atoms with van der Waals surface area (Å²) in [6.07, 6.45) is 3.01. The Hall–Kier alpha value is -0.570. The van der Waals surface area contributed by atoms with Gasteiger partial charge in [0.25, 0.3) is 0 Å². The Bertz CT molecular complexity index is 179. The number of hydrogen-bond acceptors (Lipinski definition) is 3. The first kappa shape index (κ1) is 10.5. The minimum Gasteiger partial charge on any atom is -0.460 e. The molecular weight excluding hydrogens is 168 g/mol. The maximum absolute atomic E-state index is 10.7. The van der Waals surface area contributed by atoms with Gasteiger partial charge in [0.2, 0.25) is 0 Å². The quantitative estimate of drug-likeness (QED) is 0.664. The SMILES string of the molecule is CCC1CCC(O)C(OC(C)=O)C1. The van der Waals surface area contributed by atoms with Gasteiger partial charge in [-0.3, -0.25) is 4.79 Å². The Morgan fingerprint density at radius 3 is 2.77 bits per heavy atom. The molecule has 0 aliphatic heterocycles. The number of hydrogen-bond donors (Lipinski definition) is 1. The van der Waals surface area contributed by atoms with Gasteiger partial charge in [0, 0.05) is 6.92 Å². The molecule has 3 atom stereocenters. The van der Waals surface area contributed by atoms with Crippen LogP contribution in [0.25, 0.3) is 0 Å². The van der Waals surface area contributed by atoms with Crippen LogP contribution in [0.1, 0.15) is 39.5 Å². The first-order valence-corrected chi connectivity index (χ1v) is 4.98. The molecule has 0 aromatic carbocycles. The summed E-state index contributed by atoms with van der Waals surface area (Å²) in [6.45, 7) is 3.52. The summed E-state index contributed by atoms with van der Waals surface area (Å²) in [4.78, 5) is 10.7. The van der Waals surface area contributed by atoms with E-state index in [1.807, 2.05) is 0 Å². The highest BCUT2D eigenvalue weighted by atomic mass is 16.6.